The van der Waals surface area contributed by atoms with Crippen molar-refractivity contribution in [1.29, 1.82) is 0 Å². The summed E-state index contributed by atoms with van der Waals surface area (Å²) >= 11 is 0. The lowest BCUT2D eigenvalue weighted by molar-refractivity contribution is 1.18. The van der Waals surface area contributed by atoms with Gasteiger partial charge in [-0.05, 0) is 59.5 Å². The fraction of sp³-hybridized carbons (Fsp3) is 0. The maximum atomic E-state index is 4.44. The van der Waals surface area contributed by atoms with E-state index in [-0.39, 0.29) is 0 Å². The van der Waals surface area contributed by atoms with Gasteiger partial charge >= 0.3 is 0 Å². The van der Waals surface area contributed by atoms with Crippen molar-refractivity contribution in [1.82, 2.24) is 9.55 Å². The molecule has 0 fully saturated rings. The molecule has 3 heteroatoms. The van der Waals surface area contributed by atoms with Crippen molar-refractivity contribution in [2.24, 2.45) is 0 Å². The molecule has 1 N–H and O–H groups in total. The van der Waals surface area contributed by atoms with Gasteiger partial charge in [-0.1, -0.05) is 72.8 Å². The summed E-state index contributed by atoms with van der Waals surface area (Å²) in [6.07, 6.45) is 3.86. The van der Waals surface area contributed by atoms with Crippen LogP contribution in [0.2, 0.25) is 0 Å². The second-order valence-electron chi connectivity index (χ2n) is 9.03. The lowest BCUT2D eigenvalue weighted by atomic mass is 10.0. The lowest BCUT2D eigenvalue weighted by Gasteiger charge is -2.10. The van der Waals surface area contributed by atoms with Crippen molar-refractivity contribution >= 4 is 44.0 Å². The average molecular weight is 462 g/mol. The summed E-state index contributed by atoms with van der Waals surface area (Å²) in [5.74, 6) is 0. The number of hydrogen-bond acceptors (Lipinski definition) is 2. The first-order valence-corrected chi connectivity index (χ1v) is 12.1. The second kappa shape index (κ2) is 8.40. The Kier molecular flexibility index (Phi) is 4.78. The van der Waals surface area contributed by atoms with Crippen LogP contribution in [0.4, 0.5) is 11.4 Å². The highest BCUT2D eigenvalue weighted by Gasteiger charge is 2.12. The Labute approximate surface area is 209 Å². The molecule has 2 aromatic heterocycles. The Balaban J connectivity index is 1.26. The zero-order valence-corrected chi connectivity index (χ0v) is 19.6. The van der Waals surface area contributed by atoms with Gasteiger partial charge in [-0.3, -0.25) is 4.98 Å². The van der Waals surface area contributed by atoms with Crippen LogP contribution in [0.5, 0.6) is 0 Å². The minimum Gasteiger partial charge on any atom is -0.356 e. The van der Waals surface area contributed by atoms with Crippen LogP contribution in [-0.4, -0.2) is 9.55 Å². The summed E-state index contributed by atoms with van der Waals surface area (Å²) < 4.78 is 2.33. The molecule has 0 saturated carbocycles. The van der Waals surface area contributed by atoms with E-state index in [4.69, 9.17) is 0 Å². The summed E-state index contributed by atoms with van der Waals surface area (Å²) in [4.78, 5) is 4.44. The predicted molar refractivity (Wildman–Crippen MR) is 151 cm³/mol. The molecule has 7 rings (SSSR count). The van der Waals surface area contributed by atoms with E-state index in [9.17, 15) is 0 Å². The maximum absolute atomic E-state index is 4.44. The number of pyridine rings is 1. The molecule has 2 heterocycles. The van der Waals surface area contributed by atoms with Crippen LogP contribution >= 0.6 is 0 Å². The van der Waals surface area contributed by atoms with Gasteiger partial charge in [-0.15, -0.1) is 0 Å². The summed E-state index contributed by atoms with van der Waals surface area (Å²) in [7, 11) is 0. The van der Waals surface area contributed by atoms with Crippen LogP contribution in [-0.2, 0) is 0 Å². The normalized spacial score (nSPS) is 11.3. The molecule has 0 radical (unpaired) electrons. The Hall–Kier alpha value is -4.89. The first-order chi connectivity index (χ1) is 17.8. The number of aromatic nitrogens is 2. The van der Waals surface area contributed by atoms with Crippen LogP contribution in [0, 0.1) is 0 Å². The molecule has 5 aromatic carbocycles. The van der Waals surface area contributed by atoms with Crippen LogP contribution in [0.15, 0.2) is 134 Å². The summed E-state index contributed by atoms with van der Waals surface area (Å²) in [5, 5.41) is 8.45. The van der Waals surface area contributed by atoms with Gasteiger partial charge < -0.3 is 9.88 Å². The van der Waals surface area contributed by atoms with Crippen molar-refractivity contribution in [3.63, 3.8) is 0 Å². The van der Waals surface area contributed by atoms with E-state index >= 15 is 0 Å². The largest absolute Gasteiger partial charge is 0.356 e. The number of nitrogens with one attached hydrogen (secondary N) is 1. The SMILES string of the molecule is c1ccc(-n2c3ccccc3c3cc(Nc4ccc(-c5cncc6ccccc56)cc4)ccc32)cc1. The summed E-state index contributed by atoms with van der Waals surface area (Å²) in [5.41, 5.74) is 8.01. The van der Waals surface area contributed by atoms with E-state index in [1.807, 2.05) is 12.4 Å². The van der Waals surface area contributed by atoms with Crippen LogP contribution in [0.3, 0.4) is 0 Å². The molecule has 3 nitrogen and oxygen atoms in total. The smallest absolute Gasteiger partial charge is 0.0542 e. The third kappa shape index (κ3) is 3.41. The Morgan fingerprint density at radius 3 is 2.08 bits per heavy atom. The Morgan fingerprint density at radius 1 is 0.528 bits per heavy atom. The van der Waals surface area contributed by atoms with E-state index in [2.05, 4.69) is 136 Å². The van der Waals surface area contributed by atoms with Crippen LogP contribution in [0.25, 0.3) is 49.4 Å². The van der Waals surface area contributed by atoms with E-state index in [1.54, 1.807) is 0 Å². The highest BCUT2D eigenvalue weighted by atomic mass is 15.0. The molecule has 0 unspecified atom stereocenters. The van der Waals surface area contributed by atoms with Gasteiger partial charge in [-0.25, -0.2) is 0 Å². The third-order valence-electron chi connectivity index (χ3n) is 6.84. The van der Waals surface area contributed by atoms with Crippen LogP contribution < -0.4 is 5.32 Å². The van der Waals surface area contributed by atoms with Gasteiger partial charge in [0, 0.05) is 51.2 Å². The van der Waals surface area contributed by atoms with E-state index in [1.165, 1.54) is 32.9 Å². The molecule has 170 valence electrons. The first kappa shape index (κ1) is 20.5. The molecular weight excluding hydrogens is 438 g/mol. The Morgan fingerprint density at radius 2 is 1.22 bits per heavy atom. The monoisotopic (exact) mass is 461 g/mol. The highest BCUT2D eigenvalue weighted by Crippen LogP contribution is 2.35. The molecule has 0 amide bonds. The van der Waals surface area contributed by atoms with Crippen molar-refractivity contribution in [2.75, 3.05) is 5.32 Å². The van der Waals surface area contributed by atoms with E-state index < -0.39 is 0 Å². The number of para-hydroxylation sites is 2. The number of fused-ring (bicyclic) bond motifs is 4. The predicted octanol–water partition coefficient (Wildman–Crippen LogP) is 8.74. The third-order valence-corrected chi connectivity index (χ3v) is 6.84. The molecule has 0 saturated heterocycles. The molecule has 0 atom stereocenters. The van der Waals surface area contributed by atoms with Crippen molar-refractivity contribution in [3.05, 3.63) is 134 Å². The minimum atomic E-state index is 1.05. The molecule has 0 spiro atoms. The molecular formula is C33H23N3. The Bertz CT molecular complexity index is 1840. The zero-order chi connectivity index (χ0) is 23.9. The number of benzene rings is 5. The van der Waals surface area contributed by atoms with Crippen molar-refractivity contribution in [3.8, 4) is 16.8 Å². The fourth-order valence-electron chi connectivity index (χ4n) is 5.15. The van der Waals surface area contributed by atoms with Gasteiger partial charge in [0.05, 0.1) is 11.0 Å². The zero-order valence-electron chi connectivity index (χ0n) is 19.6. The van der Waals surface area contributed by atoms with Gasteiger partial charge in [-0.2, -0.15) is 0 Å². The summed E-state index contributed by atoms with van der Waals surface area (Å²) in [6, 6.07) is 42.7. The van der Waals surface area contributed by atoms with Gasteiger partial charge in [0.1, 0.15) is 0 Å². The van der Waals surface area contributed by atoms with Crippen molar-refractivity contribution < 1.29 is 0 Å². The number of rotatable bonds is 4. The molecule has 0 aliphatic carbocycles. The molecule has 36 heavy (non-hydrogen) atoms. The number of anilines is 2. The number of nitrogens with zero attached hydrogens (tertiary/aromatic N) is 2. The average Bonchev–Trinajstić information content (AvgIpc) is 3.27. The maximum Gasteiger partial charge on any atom is 0.0542 e. The molecule has 7 aromatic rings. The number of hydrogen-bond donors (Lipinski definition) is 1. The van der Waals surface area contributed by atoms with Gasteiger partial charge in [0.25, 0.3) is 0 Å². The van der Waals surface area contributed by atoms with Gasteiger partial charge in [0.15, 0.2) is 0 Å². The standard InChI is InChI=1S/C33H23N3/c1-2-9-27(10-3-1)36-32-13-7-6-12-29(32)30-20-26(18-19-33(30)36)35-25-16-14-23(15-17-25)31-22-34-21-24-8-4-5-11-28(24)31/h1-22,35H. The van der Waals surface area contributed by atoms with Crippen molar-refractivity contribution in [2.45, 2.75) is 0 Å². The van der Waals surface area contributed by atoms with Gasteiger partial charge in [0.2, 0.25) is 0 Å². The molecule has 0 aliphatic rings. The fourth-order valence-corrected chi connectivity index (χ4v) is 5.15. The second-order valence-corrected chi connectivity index (χ2v) is 9.03. The molecule has 0 aliphatic heterocycles. The lowest BCUT2D eigenvalue weighted by Crippen LogP contribution is -1.94. The van der Waals surface area contributed by atoms with Crippen LogP contribution in [0.1, 0.15) is 0 Å². The topological polar surface area (TPSA) is 29.9 Å². The quantitative estimate of drug-likeness (QED) is 0.284. The highest BCUT2D eigenvalue weighted by molar-refractivity contribution is 6.10. The molecule has 0 bridgehead atoms. The first-order valence-electron chi connectivity index (χ1n) is 12.1. The van der Waals surface area contributed by atoms with E-state index in [0.29, 0.717) is 0 Å². The van der Waals surface area contributed by atoms with E-state index in [0.717, 1.165) is 27.9 Å². The summed E-state index contributed by atoms with van der Waals surface area (Å²) in [6.45, 7) is 0. The minimum absolute atomic E-state index is 1.05.